The summed E-state index contributed by atoms with van der Waals surface area (Å²) >= 11 is 0. The molecule has 14 unspecified atom stereocenters. The highest BCUT2D eigenvalue weighted by Crippen LogP contribution is 2.40. The molecule has 0 radical (unpaired) electrons. The molecular weight excluding hydrogens is 857 g/mol. The summed E-state index contributed by atoms with van der Waals surface area (Å²) in [5.41, 5.74) is 0.942. The van der Waals surface area contributed by atoms with Gasteiger partial charge in [-0.05, 0) is 94.0 Å². The van der Waals surface area contributed by atoms with Crippen LogP contribution in [-0.2, 0) is 42.9 Å². The average Bonchev–Trinajstić information content (AvgIpc) is 3.30. The lowest BCUT2D eigenvalue weighted by Crippen LogP contribution is -2.57. The van der Waals surface area contributed by atoms with Gasteiger partial charge < -0.3 is 39.4 Å². The molecule has 4 aliphatic rings. The third-order valence-electron chi connectivity index (χ3n) is 15.3. The molecule has 0 spiro atoms. The Bertz CT molecular complexity index is 1580. The van der Waals surface area contributed by atoms with Gasteiger partial charge >= 0.3 is 5.97 Å². The number of allylic oxidation sites excluding steroid dienone is 3. The average molecular weight is 949 g/mol. The van der Waals surface area contributed by atoms with Gasteiger partial charge in [-0.2, -0.15) is 0 Å². The maximum atomic E-state index is 14.3. The highest BCUT2D eigenvalue weighted by atomic mass is 16.6. The number of ketones is 4. The normalized spacial score (nSPS) is 36.1. The van der Waals surface area contributed by atoms with E-state index < -0.39 is 77.3 Å². The molecule has 0 amide bonds. The van der Waals surface area contributed by atoms with Crippen molar-refractivity contribution in [2.75, 3.05) is 27.4 Å². The number of carbonyl (C=O) groups excluding carboxylic acids is 5. The van der Waals surface area contributed by atoms with Crippen LogP contribution in [0, 0.1) is 53.3 Å². The highest BCUT2D eigenvalue weighted by Gasteiger charge is 2.53. The Kier molecular flexibility index (Phi) is 27.2. The van der Waals surface area contributed by atoms with Gasteiger partial charge in [0, 0.05) is 50.7 Å². The Labute approximate surface area is 403 Å². The molecule has 4 rings (SSSR count). The predicted molar refractivity (Wildman–Crippen MR) is 260 cm³/mol. The van der Waals surface area contributed by atoms with Crippen LogP contribution >= 0.6 is 0 Å². The van der Waals surface area contributed by atoms with Crippen LogP contribution in [0.5, 0.6) is 0 Å². The van der Waals surface area contributed by atoms with E-state index in [2.05, 4.69) is 13.0 Å². The van der Waals surface area contributed by atoms with E-state index in [-0.39, 0.29) is 62.5 Å². The first-order chi connectivity index (χ1) is 31.3. The topological polar surface area (TPSA) is 203 Å². The van der Waals surface area contributed by atoms with E-state index in [0.717, 1.165) is 50.5 Å². The van der Waals surface area contributed by atoms with Gasteiger partial charge in [-0.1, -0.05) is 112 Å². The number of fused-ring (bicyclic) bond motifs is 3. The molecule has 2 bridgehead atoms. The Balaban J connectivity index is 0.00000296. The van der Waals surface area contributed by atoms with Crippen LogP contribution in [0.2, 0.25) is 0 Å². The summed E-state index contributed by atoms with van der Waals surface area (Å²) in [6.07, 6.45) is 14.8. The van der Waals surface area contributed by atoms with Gasteiger partial charge in [-0.25, -0.2) is 0 Å². The number of hydrogen-bond acceptors (Lipinski definition) is 13. The van der Waals surface area contributed by atoms with Crippen molar-refractivity contribution in [3.63, 3.8) is 0 Å². The summed E-state index contributed by atoms with van der Waals surface area (Å²) in [5, 5.41) is 38.7. The third kappa shape index (κ3) is 17.9. The summed E-state index contributed by atoms with van der Waals surface area (Å²) < 4.78 is 24.0. The van der Waals surface area contributed by atoms with Crippen molar-refractivity contribution in [2.45, 2.75) is 208 Å². The molecule has 2 aliphatic carbocycles. The van der Waals surface area contributed by atoms with Crippen molar-refractivity contribution < 1.29 is 63.3 Å². The SMILES string of the molecule is C.COC1CC2CCC(C)C(O)(O2)C(=O)C(=O)C2CCCCC2C(=O)OC(C(C)CC2CCCCC2)CC(=O)C(C)CC(C)C(O)C(OC)C(=O)C(C)CC(C)CCC=CC=C1C.OCCO. The molecule has 1 saturated heterocycles. The lowest BCUT2D eigenvalue weighted by Gasteiger charge is -2.42. The zero-order valence-electron chi connectivity index (χ0n) is 41.9. The largest absolute Gasteiger partial charge is 0.461 e. The lowest BCUT2D eigenvalue weighted by molar-refractivity contribution is -0.265. The second-order valence-electron chi connectivity index (χ2n) is 20.7. The second kappa shape index (κ2) is 30.2. The molecule has 0 aromatic rings. The van der Waals surface area contributed by atoms with E-state index in [1.807, 2.05) is 46.8 Å². The number of rotatable bonds is 6. The van der Waals surface area contributed by atoms with Crippen LogP contribution in [-0.4, -0.2) is 113 Å². The Morgan fingerprint density at radius 3 is 2.03 bits per heavy atom. The first-order valence-corrected chi connectivity index (χ1v) is 25.4. The van der Waals surface area contributed by atoms with Crippen molar-refractivity contribution >= 4 is 29.1 Å². The molecule has 2 heterocycles. The van der Waals surface area contributed by atoms with Crippen LogP contribution in [0.25, 0.3) is 0 Å². The van der Waals surface area contributed by atoms with Crippen molar-refractivity contribution in [2.24, 2.45) is 53.3 Å². The molecular formula is C54H92O13. The second-order valence-corrected chi connectivity index (χ2v) is 20.7. The van der Waals surface area contributed by atoms with Crippen molar-refractivity contribution in [3.8, 4) is 0 Å². The number of cyclic esters (lactones) is 1. The first-order valence-electron chi connectivity index (χ1n) is 25.4. The lowest BCUT2D eigenvalue weighted by atomic mass is 9.73. The predicted octanol–water partition coefficient (Wildman–Crippen LogP) is 8.49. The van der Waals surface area contributed by atoms with Gasteiger partial charge in [-0.15, -0.1) is 0 Å². The van der Waals surface area contributed by atoms with Gasteiger partial charge in [0.1, 0.15) is 18.0 Å². The minimum Gasteiger partial charge on any atom is -0.461 e. The molecule has 0 aromatic carbocycles. The minimum absolute atomic E-state index is 0. The molecule has 4 N–H and O–H groups in total. The van der Waals surface area contributed by atoms with Crippen molar-refractivity contribution in [1.29, 1.82) is 0 Å². The van der Waals surface area contributed by atoms with Crippen LogP contribution in [0.1, 0.15) is 171 Å². The summed E-state index contributed by atoms with van der Waals surface area (Å²) in [4.78, 5) is 70.6. The maximum absolute atomic E-state index is 14.3. The fourth-order valence-electron chi connectivity index (χ4n) is 10.9. The van der Waals surface area contributed by atoms with E-state index in [9.17, 15) is 34.2 Å². The summed E-state index contributed by atoms with van der Waals surface area (Å²) in [5.74, 6) is -8.22. The zero-order chi connectivity index (χ0) is 49.1. The van der Waals surface area contributed by atoms with Gasteiger partial charge in [0.15, 0.2) is 5.78 Å². The van der Waals surface area contributed by atoms with Gasteiger partial charge in [0.2, 0.25) is 11.6 Å². The summed E-state index contributed by atoms with van der Waals surface area (Å²) in [6.45, 7) is 13.1. The monoisotopic (exact) mass is 949 g/mol. The number of aliphatic hydroxyl groups is 4. The van der Waals surface area contributed by atoms with Gasteiger partial charge in [0.25, 0.3) is 5.78 Å². The molecule has 3 fully saturated rings. The molecule has 13 nitrogen and oxygen atoms in total. The smallest absolute Gasteiger partial charge is 0.309 e. The number of ether oxygens (including phenoxy) is 4. The molecule has 0 aromatic heterocycles. The number of carbonyl (C=O) groups is 5. The molecule has 67 heavy (non-hydrogen) atoms. The summed E-state index contributed by atoms with van der Waals surface area (Å²) in [7, 11) is 3.05. The molecule has 13 heteroatoms. The first kappa shape index (κ1) is 60.5. The number of aliphatic hydroxyl groups excluding tert-OH is 3. The molecule has 2 aliphatic heterocycles. The Morgan fingerprint density at radius 2 is 1.42 bits per heavy atom. The summed E-state index contributed by atoms with van der Waals surface area (Å²) in [6, 6.07) is 0. The molecule has 386 valence electrons. The maximum Gasteiger partial charge on any atom is 0.309 e. The van der Waals surface area contributed by atoms with Gasteiger partial charge in [-0.3, -0.25) is 24.0 Å². The van der Waals surface area contributed by atoms with Crippen LogP contribution in [0.3, 0.4) is 0 Å². The van der Waals surface area contributed by atoms with Crippen LogP contribution < -0.4 is 0 Å². The standard InChI is InChI=1S/C51H82O11.C2H6O2.CH4/c1-31-18-12-10-13-19-32(2)43(59-8)29-39-25-24-37(7)51(58,62-39)49(56)47(55)40-22-16-17-23-41(40)50(57)61-44(34(4)28-38-20-14-11-15-21-38)30-42(52)33(3)27-36(6)46(54)48(60-9)45(53)35(5)26-31;3-1-2-4;/h10,13,19,31,33-41,43-44,46,48,54,58H,11-12,14-18,20-30H2,1-9H3;3-4H,1-2H2;1H4. The van der Waals surface area contributed by atoms with E-state index in [4.69, 9.17) is 29.2 Å². The fourth-order valence-corrected chi connectivity index (χ4v) is 10.9. The third-order valence-corrected chi connectivity index (χ3v) is 15.3. The number of methoxy groups -OCH3 is 2. The quantitative estimate of drug-likeness (QED) is 0.146. The van der Waals surface area contributed by atoms with Crippen molar-refractivity contribution in [1.82, 2.24) is 0 Å². The fraction of sp³-hybridized carbons (Fsp3) is 0.833. The number of esters is 1. The highest BCUT2D eigenvalue weighted by molar-refractivity contribution is 6.41. The van der Waals surface area contributed by atoms with Crippen LogP contribution in [0.4, 0.5) is 0 Å². The van der Waals surface area contributed by atoms with Gasteiger partial charge in [0.05, 0.1) is 37.4 Å². The number of hydrogen-bond donors (Lipinski definition) is 4. The van der Waals surface area contributed by atoms with E-state index >= 15 is 0 Å². The minimum atomic E-state index is -2.34. The molecule has 14 atom stereocenters. The Hall–Kier alpha value is -2.65. The Morgan fingerprint density at radius 1 is 0.791 bits per heavy atom. The zero-order valence-corrected chi connectivity index (χ0v) is 41.9. The van der Waals surface area contributed by atoms with E-state index in [1.165, 1.54) is 13.5 Å². The van der Waals surface area contributed by atoms with E-state index in [0.29, 0.717) is 63.7 Å². The van der Waals surface area contributed by atoms with Crippen molar-refractivity contribution in [3.05, 3.63) is 23.8 Å². The number of Topliss-reactive ketones (excluding diaryl/α,β-unsaturated/α-hetero) is 4. The van der Waals surface area contributed by atoms with E-state index in [1.54, 1.807) is 14.0 Å². The van der Waals surface area contributed by atoms with Crippen LogP contribution in [0.15, 0.2) is 23.8 Å². The molecule has 2 saturated carbocycles.